The highest BCUT2D eigenvalue weighted by Crippen LogP contribution is 2.38. The third-order valence-corrected chi connectivity index (χ3v) is 5.28. The summed E-state index contributed by atoms with van der Waals surface area (Å²) < 4.78 is 5.52. The van der Waals surface area contributed by atoms with E-state index in [-0.39, 0.29) is 11.9 Å². The van der Waals surface area contributed by atoms with Crippen molar-refractivity contribution in [3.8, 4) is 22.7 Å². The van der Waals surface area contributed by atoms with Crippen LogP contribution in [0.5, 0.6) is 0 Å². The van der Waals surface area contributed by atoms with E-state index in [1.165, 1.54) is 0 Å². The lowest BCUT2D eigenvalue weighted by molar-refractivity contribution is 0.350. The summed E-state index contributed by atoms with van der Waals surface area (Å²) in [6.45, 7) is 6.35. The molecule has 8 nitrogen and oxygen atoms in total. The van der Waals surface area contributed by atoms with Gasteiger partial charge in [0.1, 0.15) is 0 Å². The van der Waals surface area contributed by atoms with Crippen molar-refractivity contribution in [2.45, 2.75) is 26.2 Å². The highest BCUT2D eigenvalue weighted by atomic mass is 16.5. The van der Waals surface area contributed by atoms with Crippen LogP contribution in [0.25, 0.3) is 22.7 Å². The van der Waals surface area contributed by atoms with E-state index >= 15 is 0 Å². The number of hydrogen-bond donors (Lipinski definition) is 1. The van der Waals surface area contributed by atoms with E-state index in [0.29, 0.717) is 11.7 Å². The van der Waals surface area contributed by atoms with Crippen molar-refractivity contribution in [2.75, 3.05) is 5.73 Å². The fourth-order valence-electron chi connectivity index (χ4n) is 3.10. The maximum absolute atomic E-state index is 5.56. The van der Waals surface area contributed by atoms with Gasteiger partial charge in [-0.1, -0.05) is 25.1 Å². The minimum atomic E-state index is -0.479. The molecular formula is C21H21N7O. The predicted octanol–water partition coefficient (Wildman–Crippen LogP) is 3.53. The van der Waals surface area contributed by atoms with Crippen molar-refractivity contribution < 1.29 is 4.52 Å². The van der Waals surface area contributed by atoms with E-state index in [9.17, 15) is 0 Å². The van der Waals surface area contributed by atoms with Gasteiger partial charge in [0.05, 0.1) is 16.7 Å². The highest BCUT2D eigenvalue weighted by molar-refractivity contribution is 5.58. The first-order valence-corrected chi connectivity index (χ1v) is 9.27. The molecule has 4 aromatic rings. The Bertz CT molecular complexity index is 1090. The quantitative estimate of drug-likeness (QED) is 0.553. The number of nitrogen functional groups attached to an aromatic ring is 1. The summed E-state index contributed by atoms with van der Waals surface area (Å²) in [4.78, 5) is 21.4. The predicted molar refractivity (Wildman–Crippen MR) is 108 cm³/mol. The molecule has 0 radical (unpaired) electrons. The molecule has 0 aromatic carbocycles. The maximum Gasteiger partial charge on any atom is 0.259 e. The number of nitrogens with zero attached hydrogens (tertiary/aromatic N) is 6. The van der Waals surface area contributed by atoms with Crippen molar-refractivity contribution in [3.05, 3.63) is 66.6 Å². The van der Waals surface area contributed by atoms with Crippen LogP contribution in [-0.4, -0.2) is 30.1 Å². The molecule has 8 heteroatoms. The summed E-state index contributed by atoms with van der Waals surface area (Å²) in [6.07, 6.45) is 8.57. The fraction of sp³-hybridized carbons (Fsp3) is 0.238. The van der Waals surface area contributed by atoms with Crippen molar-refractivity contribution >= 4 is 5.95 Å². The molecule has 0 aliphatic heterocycles. The third kappa shape index (κ3) is 3.44. The first kappa shape index (κ1) is 18.7. The minimum Gasteiger partial charge on any atom is -0.368 e. The molecule has 0 spiro atoms. The van der Waals surface area contributed by atoms with Crippen LogP contribution >= 0.6 is 0 Å². The summed E-state index contributed by atoms with van der Waals surface area (Å²) in [5.41, 5.74) is 8.43. The molecule has 0 saturated carbocycles. The van der Waals surface area contributed by atoms with Gasteiger partial charge < -0.3 is 10.3 Å². The molecule has 4 heterocycles. The number of pyridine rings is 2. The molecule has 146 valence electrons. The Hall–Kier alpha value is -3.68. The standard InChI is InChI=1S/C21H21N7O/c1-13(2)21(3,19-27-18(29-28-19)14-5-4-8-23-9-14)16-6-7-17(24-12-16)15-10-25-20(22)26-11-15/h4-13H,1-3H3,(H2,22,25,26). The zero-order valence-corrected chi connectivity index (χ0v) is 16.4. The van der Waals surface area contributed by atoms with Gasteiger partial charge in [0.2, 0.25) is 5.95 Å². The van der Waals surface area contributed by atoms with E-state index < -0.39 is 5.41 Å². The maximum atomic E-state index is 5.56. The second kappa shape index (κ2) is 7.38. The molecule has 0 amide bonds. The molecule has 29 heavy (non-hydrogen) atoms. The SMILES string of the molecule is CC(C)C(C)(c1ccc(-c2cnc(N)nc2)nc1)c1noc(-c2cccnc2)n1. The largest absolute Gasteiger partial charge is 0.368 e. The van der Waals surface area contributed by atoms with Crippen LogP contribution in [0.2, 0.25) is 0 Å². The van der Waals surface area contributed by atoms with Crippen LogP contribution in [0.4, 0.5) is 5.95 Å². The third-order valence-electron chi connectivity index (χ3n) is 5.28. The lowest BCUT2D eigenvalue weighted by atomic mass is 9.73. The molecule has 0 saturated heterocycles. The van der Waals surface area contributed by atoms with Crippen LogP contribution in [0, 0.1) is 5.92 Å². The average molecular weight is 387 g/mol. The molecule has 0 bridgehead atoms. The smallest absolute Gasteiger partial charge is 0.259 e. The van der Waals surface area contributed by atoms with Crippen molar-refractivity contribution in [1.29, 1.82) is 0 Å². The molecular weight excluding hydrogens is 366 g/mol. The van der Waals surface area contributed by atoms with E-state index in [4.69, 9.17) is 10.3 Å². The molecule has 2 N–H and O–H groups in total. The van der Waals surface area contributed by atoms with Crippen molar-refractivity contribution in [2.24, 2.45) is 5.92 Å². The first-order valence-electron chi connectivity index (χ1n) is 9.27. The monoisotopic (exact) mass is 387 g/mol. The number of nitrogens with two attached hydrogens (primary N) is 1. The van der Waals surface area contributed by atoms with Gasteiger partial charge in [-0.15, -0.1) is 0 Å². The van der Waals surface area contributed by atoms with Gasteiger partial charge in [-0.3, -0.25) is 9.97 Å². The molecule has 0 aliphatic carbocycles. The lowest BCUT2D eigenvalue weighted by Crippen LogP contribution is -2.31. The van der Waals surface area contributed by atoms with Crippen LogP contribution in [0.1, 0.15) is 32.2 Å². The van der Waals surface area contributed by atoms with Gasteiger partial charge in [0.25, 0.3) is 5.89 Å². The van der Waals surface area contributed by atoms with Gasteiger partial charge in [0.15, 0.2) is 5.82 Å². The van der Waals surface area contributed by atoms with E-state index in [1.807, 2.05) is 30.5 Å². The van der Waals surface area contributed by atoms with Crippen molar-refractivity contribution in [1.82, 2.24) is 30.1 Å². The molecule has 1 unspecified atom stereocenters. The first-order chi connectivity index (χ1) is 14.0. The van der Waals surface area contributed by atoms with Gasteiger partial charge in [0, 0.05) is 36.5 Å². The summed E-state index contributed by atoms with van der Waals surface area (Å²) >= 11 is 0. The highest BCUT2D eigenvalue weighted by Gasteiger charge is 2.38. The number of hydrogen-bond acceptors (Lipinski definition) is 8. The summed E-state index contributed by atoms with van der Waals surface area (Å²) in [6, 6.07) is 7.69. The van der Waals surface area contributed by atoms with E-state index in [2.05, 4.69) is 50.8 Å². The zero-order chi connectivity index (χ0) is 20.4. The van der Waals surface area contributed by atoms with Gasteiger partial charge in [-0.05, 0) is 36.6 Å². The Labute approximate surface area is 168 Å². The Morgan fingerprint density at radius 3 is 2.38 bits per heavy atom. The second-order valence-corrected chi connectivity index (χ2v) is 7.28. The molecule has 4 aromatic heterocycles. The van der Waals surface area contributed by atoms with Crippen molar-refractivity contribution in [3.63, 3.8) is 0 Å². The Kier molecular flexibility index (Phi) is 4.75. The Balaban J connectivity index is 1.70. The van der Waals surface area contributed by atoms with Crippen LogP contribution in [-0.2, 0) is 5.41 Å². The van der Waals surface area contributed by atoms with Crippen LogP contribution < -0.4 is 5.73 Å². The summed E-state index contributed by atoms with van der Waals surface area (Å²) in [5.74, 6) is 1.49. The minimum absolute atomic E-state index is 0.203. The van der Waals surface area contributed by atoms with E-state index in [1.54, 1.807) is 24.8 Å². The van der Waals surface area contributed by atoms with Gasteiger partial charge in [-0.2, -0.15) is 4.98 Å². The molecule has 4 rings (SSSR count). The zero-order valence-electron chi connectivity index (χ0n) is 16.4. The fourth-order valence-corrected chi connectivity index (χ4v) is 3.10. The Morgan fingerprint density at radius 2 is 1.76 bits per heavy atom. The normalized spacial score (nSPS) is 13.4. The van der Waals surface area contributed by atoms with Crippen LogP contribution in [0.3, 0.4) is 0 Å². The Morgan fingerprint density at radius 1 is 0.966 bits per heavy atom. The number of anilines is 1. The summed E-state index contributed by atoms with van der Waals surface area (Å²) in [7, 11) is 0. The number of aromatic nitrogens is 6. The van der Waals surface area contributed by atoms with E-state index in [0.717, 1.165) is 22.4 Å². The average Bonchev–Trinajstić information content (AvgIpc) is 3.25. The van der Waals surface area contributed by atoms with Crippen LogP contribution in [0.15, 0.2) is 59.8 Å². The molecule has 0 fully saturated rings. The molecule has 0 aliphatic rings. The second-order valence-electron chi connectivity index (χ2n) is 7.28. The van der Waals surface area contributed by atoms with Gasteiger partial charge >= 0.3 is 0 Å². The lowest BCUT2D eigenvalue weighted by Gasteiger charge is -2.30. The van der Waals surface area contributed by atoms with Gasteiger partial charge in [-0.25, -0.2) is 9.97 Å². The number of rotatable bonds is 5. The topological polar surface area (TPSA) is 116 Å². The molecule has 1 atom stereocenters. The summed E-state index contributed by atoms with van der Waals surface area (Å²) in [5, 5.41) is 4.28.